The summed E-state index contributed by atoms with van der Waals surface area (Å²) in [5.74, 6) is 0.472. The van der Waals surface area contributed by atoms with Crippen LogP contribution in [0.3, 0.4) is 0 Å². The fourth-order valence-electron chi connectivity index (χ4n) is 2.05. The second kappa shape index (κ2) is 2.71. The van der Waals surface area contributed by atoms with Gasteiger partial charge in [-0.2, -0.15) is 0 Å². The Hall–Kier alpha value is -0.570. The molecule has 0 radical (unpaired) electrons. The normalized spacial score (nSPS) is 36.4. The summed E-state index contributed by atoms with van der Waals surface area (Å²) in [5, 5.41) is 9.29. The maximum Gasteiger partial charge on any atom is 0.226 e. The maximum atomic E-state index is 11.8. The number of aliphatic hydroxyl groups excluding tert-OH is 1. The Balaban J connectivity index is 1.92. The van der Waals surface area contributed by atoms with Crippen LogP contribution in [0.1, 0.15) is 26.7 Å². The van der Waals surface area contributed by atoms with Gasteiger partial charge in [0.2, 0.25) is 5.91 Å². The van der Waals surface area contributed by atoms with Gasteiger partial charge in [-0.15, -0.1) is 0 Å². The molecule has 0 spiro atoms. The quantitative estimate of drug-likeness (QED) is 0.647. The third kappa shape index (κ3) is 1.57. The van der Waals surface area contributed by atoms with E-state index in [9.17, 15) is 9.90 Å². The molecule has 3 heteroatoms. The molecule has 1 heterocycles. The molecule has 1 aliphatic carbocycles. The van der Waals surface area contributed by atoms with Crippen LogP contribution >= 0.6 is 0 Å². The van der Waals surface area contributed by atoms with E-state index >= 15 is 0 Å². The van der Waals surface area contributed by atoms with Gasteiger partial charge in [0.15, 0.2) is 0 Å². The number of rotatable bonds is 1. The summed E-state index contributed by atoms with van der Waals surface area (Å²) < 4.78 is 0. The molecule has 0 aromatic heterocycles. The van der Waals surface area contributed by atoms with Gasteiger partial charge in [0, 0.05) is 19.0 Å². The minimum absolute atomic E-state index is 0.213. The minimum atomic E-state index is -0.286. The smallest absolute Gasteiger partial charge is 0.226 e. The average molecular weight is 183 g/mol. The van der Waals surface area contributed by atoms with Crippen molar-refractivity contribution in [3.63, 3.8) is 0 Å². The first-order valence-corrected chi connectivity index (χ1v) is 4.97. The monoisotopic (exact) mass is 183 g/mol. The third-order valence-electron chi connectivity index (χ3n) is 3.29. The van der Waals surface area contributed by atoms with Crippen molar-refractivity contribution in [2.45, 2.75) is 32.8 Å². The van der Waals surface area contributed by atoms with Gasteiger partial charge >= 0.3 is 0 Å². The number of likely N-dealkylation sites (tertiary alicyclic amines) is 1. The molecule has 1 aliphatic heterocycles. The summed E-state index contributed by atoms with van der Waals surface area (Å²) >= 11 is 0. The first kappa shape index (κ1) is 9.00. The van der Waals surface area contributed by atoms with Crippen LogP contribution in [0.2, 0.25) is 0 Å². The molecule has 2 atom stereocenters. The summed E-state index contributed by atoms with van der Waals surface area (Å²) in [4.78, 5) is 13.6. The summed E-state index contributed by atoms with van der Waals surface area (Å²) in [6, 6.07) is 0. The number of hydrogen-bond donors (Lipinski definition) is 1. The Morgan fingerprint density at radius 2 is 2.15 bits per heavy atom. The molecule has 74 valence electrons. The van der Waals surface area contributed by atoms with Crippen molar-refractivity contribution in [1.82, 2.24) is 4.90 Å². The predicted octanol–water partition coefficient (Wildman–Crippen LogP) is 0.626. The Labute approximate surface area is 78.7 Å². The highest BCUT2D eigenvalue weighted by molar-refractivity contribution is 5.82. The molecule has 13 heavy (non-hydrogen) atoms. The zero-order valence-electron chi connectivity index (χ0n) is 8.29. The molecule has 1 N–H and O–H groups in total. The lowest BCUT2D eigenvalue weighted by molar-refractivity contribution is -0.132. The fourth-order valence-corrected chi connectivity index (χ4v) is 2.05. The van der Waals surface area contributed by atoms with Gasteiger partial charge in [0.25, 0.3) is 0 Å². The Kier molecular flexibility index (Phi) is 1.88. The van der Waals surface area contributed by atoms with Gasteiger partial charge in [0.05, 0.1) is 6.10 Å². The van der Waals surface area contributed by atoms with Crippen molar-refractivity contribution in [3.05, 3.63) is 0 Å². The Bertz CT molecular complexity index is 237. The number of amides is 1. The third-order valence-corrected chi connectivity index (χ3v) is 3.29. The highest BCUT2D eigenvalue weighted by Crippen LogP contribution is 2.52. The first-order chi connectivity index (χ1) is 6.00. The highest BCUT2D eigenvalue weighted by Gasteiger charge is 2.52. The molecular weight excluding hydrogens is 166 g/mol. The van der Waals surface area contributed by atoms with Crippen LogP contribution in [0.25, 0.3) is 0 Å². The largest absolute Gasteiger partial charge is 0.391 e. The number of aliphatic hydroxyl groups is 1. The molecule has 0 aromatic carbocycles. The van der Waals surface area contributed by atoms with E-state index in [2.05, 4.69) is 13.8 Å². The molecule has 1 saturated heterocycles. The molecule has 3 nitrogen and oxygen atoms in total. The number of carbonyl (C=O) groups excluding carboxylic acids is 1. The predicted molar refractivity (Wildman–Crippen MR) is 49.1 cm³/mol. The van der Waals surface area contributed by atoms with Gasteiger partial charge in [-0.25, -0.2) is 0 Å². The van der Waals surface area contributed by atoms with Crippen molar-refractivity contribution in [2.75, 3.05) is 13.1 Å². The lowest BCUT2D eigenvalue weighted by Crippen LogP contribution is -2.31. The van der Waals surface area contributed by atoms with E-state index in [-0.39, 0.29) is 23.3 Å². The van der Waals surface area contributed by atoms with Gasteiger partial charge in [0.1, 0.15) is 0 Å². The van der Waals surface area contributed by atoms with E-state index in [1.165, 1.54) is 0 Å². The molecule has 1 saturated carbocycles. The van der Waals surface area contributed by atoms with Gasteiger partial charge in [-0.05, 0) is 18.3 Å². The molecular formula is C10H17NO2. The summed E-state index contributed by atoms with van der Waals surface area (Å²) in [5.41, 5.74) is 0.213. The van der Waals surface area contributed by atoms with Crippen LogP contribution in [-0.4, -0.2) is 35.1 Å². The number of nitrogens with zero attached hydrogens (tertiary/aromatic N) is 1. The molecule has 2 rings (SSSR count). The van der Waals surface area contributed by atoms with Crippen LogP contribution in [0.5, 0.6) is 0 Å². The van der Waals surface area contributed by atoms with Crippen LogP contribution in [-0.2, 0) is 4.79 Å². The van der Waals surface area contributed by atoms with Crippen LogP contribution in [0, 0.1) is 11.3 Å². The molecule has 0 bridgehead atoms. The standard InChI is InChI=1S/C10H17NO2/c1-10(2)5-8(10)9(13)11-4-3-7(12)6-11/h7-8,12H,3-6H2,1-2H3/t7-,8+/m0/s1. The molecule has 1 amide bonds. The SMILES string of the molecule is CC1(C)C[C@@H]1C(=O)N1CC[C@H](O)C1. The van der Waals surface area contributed by atoms with E-state index in [1.807, 2.05) is 4.90 Å². The lowest BCUT2D eigenvalue weighted by Gasteiger charge is -2.16. The van der Waals surface area contributed by atoms with Crippen molar-refractivity contribution in [3.8, 4) is 0 Å². The number of β-amino-alcohol motifs (C(OH)–C–C–N with tert-alkyl or cyclic N) is 1. The topological polar surface area (TPSA) is 40.5 Å². The van der Waals surface area contributed by atoms with E-state index in [4.69, 9.17) is 0 Å². The van der Waals surface area contributed by atoms with Crippen molar-refractivity contribution >= 4 is 5.91 Å². The zero-order valence-corrected chi connectivity index (χ0v) is 8.29. The average Bonchev–Trinajstić information content (AvgIpc) is 2.47. The van der Waals surface area contributed by atoms with Gasteiger partial charge < -0.3 is 10.0 Å². The van der Waals surface area contributed by atoms with E-state index in [0.717, 1.165) is 19.4 Å². The van der Waals surface area contributed by atoms with Crippen molar-refractivity contribution < 1.29 is 9.90 Å². The van der Waals surface area contributed by atoms with Crippen molar-refractivity contribution in [2.24, 2.45) is 11.3 Å². The zero-order chi connectivity index (χ0) is 9.64. The molecule has 0 unspecified atom stereocenters. The van der Waals surface area contributed by atoms with E-state index < -0.39 is 0 Å². The second-order valence-corrected chi connectivity index (χ2v) is 4.97. The van der Waals surface area contributed by atoms with Crippen LogP contribution < -0.4 is 0 Å². The summed E-state index contributed by atoms with van der Waals surface area (Å²) in [6.45, 7) is 5.54. The minimum Gasteiger partial charge on any atom is -0.391 e. The number of hydrogen-bond acceptors (Lipinski definition) is 2. The maximum absolute atomic E-state index is 11.8. The highest BCUT2D eigenvalue weighted by atomic mass is 16.3. The van der Waals surface area contributed by atoms with Crippen LogP contribution in [0.4, 0.5) is 0 Å². The molecule has 0 aromatic rings. The van der Waals surface area contributed by atoms with Crippen LogP contribution in [0.15, 0.2) is 0 Å². The van der Waals surface area contributed by atoms with E-state index in [0.29, 0.717) is 6.54 Å². The Morgan fingerprint density at radius 1 is 1.54 bits per heavy atom. The Morgan fingerprint density at radius 3 is 2.54 bits per heavy atom. The van der Waals surface area contributed by atoms with Gasteiger partial charge in [-0.1, -0.05) is 13.8 Å². The second-order valence-electron chi connectivity index (χ2n) is 4.97. The fraction of sp³-hybridized carbons (Fsp3) is 0.900. The van der Waals surface area contributed by atoms with Gasteiger partial charge in [-0.3, -0.25) is 4.79 Å². The van der Waals surface area contributed by atoms with Crippen molar-refractivity contribution in [1.29, 1.82) is 0 Å². The first-order valence-electron chi connectivity index (χ1n) is 4.97. The number of carbonyl (C=O) groups is 1. The molecule has 2 fully saturated rings. The molecule has 2 aliphatic rings. The summed E-state index contributed by atoms with van der Waals surface area (Å²) in [6.07, 6.45) is 1.47. The van der Waals surface area contributed by atoms with E-state index in [1.54, 1.807) is 0 Å². The lowest BCUT2D eigenvalue weighted by atomic mass is 10.1. The summed E-state index contributed by atoms with van der Waals surface area (Å²) in [7, 11) is 0.